The first-order chi connectivity index (χ1) is 8.80. The molecule has 1 atom stereocenters. The standard InChI is InChI=1S/C14H20FNO3/c1-14(2,3)19-13(18)16-12(9-17)8-10-4-6-11(15)7-5-10/h4-7,12,17H,8-9H2,1-3H3,(H,16,18)/t12-/m0/s1. The summed E-state index contributed by atoms with van der Waals surface area (Å²) in [7, 11) is 0. The number of rotatable bonds is 4. The molecule has 4 nitrogen and oxygen atoms in total. The zero-order valence-electron chi connectivity index (χ0n) is 11.4. The van der Waals surface area contributed by atoms with Gasteiger partial charge in [-0.3, -0.25) is 0 Å². The zero-order valence-corrected chi connectivity index (χ0v) is 11.4. The van der Waals surface area contributed by atoms with Gasteiger partial charge in [0.1, 0.15) is 11.4 Å². The number of aliphatic hydroxyl groups is 1. The second-order valence-corrected chi connectivity index (χ2v) is 5.36. The Labute approximate surface area is 112 Å². The van der Waals surface area contributed by atoms with Crippen molar-refractivity contribution in [1.29, 1.82) is 0 Å². The quantitative estimate of drug-likeness (QED) is 0.881. The normalized spacial score (nSPS) is 12.9. The Hall–Kier alpha value is -1.62. The van der Waals surface area contributed by atoms with E-state index in [0.29, 0.717) is 6.42 Å². The molecule has 0 heterocycles. The summed E-state index contributed by atoms with van der Waals surface area (Å²) < 4.78 is 17.9. The summed E-state index contributed by atoms with van der Waals surface area (Å²) in [4.78, 5) is 11.6. The fourth-order valence-corrected chi connectivity index (χ4v) is 1.54. The molecule has 2 N–H and O–H groups in total. The molecular weight excluding hydrogens is 249 g/mol. The fourth-order valence-electron chi connectivity index (χ4n) is 1.54. The lowest BCUT2D eigenvalue weighted by molar-refractivity contribution is 0.0483. The minimum atomic E-state index is -0.583. The van der Waals surface area contributed by atoms with Crippen molar-refractivity contribution < 1.29 is 19.0 Å². The number of nitrogens with one attached hydrogen (secondary N) is 1. The minimum absolute atomic E-state index is 0.212. The van der Waals surface area contributed by atoms with Crippen molar-refractivity contribution in [2.45, 2.75) is 38.8 Å². The monoisotopic (exact) mass is 269 g/mol. The molecule has 5 heteroatoms. The predicted octanol–water partition coefficient (Wildman–Crippen LogP) is 2.25. The van der Waals surface area contributed by atoms with E-state index in [1.54, 1.807) is 32.9 Å². The minimum Gasteiger partial charge on any atom is -0.444 e. The zero-order chi connectivity index (χ0) is 14.5. The van der Waals surface area contributed by atoms with Gasteiger partial charge < -0.3 is 15.2 Å². The molecule has 0 aliphatic heterocycles. The van der Waals surface area contributed by atoms with E-state index in [1.165, 1.54) is 12.1 Å². The van der Waals surface area contributed by atoms with Crippen LogP contribution in [-0.2, 0) is 11.2 Å². The van der Waals surface area contributed by atoms with Crippen molar-refractivity contribution >= 4 is 6.09 Å². The Morgan fingerprint density at radius 2 is 1.95 bits per heavy atom. The van der Waals surface area contributed by atoms with Crippen LogP contribution in [0.4, 0.5) is 9.18 Å². The molecule has 0 radical (unpaired) electrons. The topological polar surface area (TPSA) is 58.6 Å². The van der Waals surface area contributed by atoms with Gasteiger partial charge in [-0.15, -0.1) is 0 Å². The van der Waals surface area contributed by atoms with Gasteiger partial charge in [-0.05, 0) is 44.9 Å². The number of amides is 1. The number of benzene rings is 1. The molecule has 1 rings (SSSR count). The molecule has 0 saturated carbocycles. The second kappa shape index (κ2) is 6.52. The number of carbonyl (C=O) groups excluding carboxylic acids is 1. The SMILES string of the molecule is CC(C)(C)OC(=O)N[C@H](CO)Cc1ccc(F)cc1. The number of hydrogen-bond acceptors (Lipinski definition) is 3. The number of ether oxygens (including phenoxy) is 1. The van der Waals surface area contributed by atoms with E-state index in [4.69, 9.17) is 4.74 Å². The average molecular weight is 269 g/mol. The van der Waals surface area contributed by atoms with Crippen LogP contribution in [0.1, 0.15) is 26.3 Å². The molecule has 0 unspecified atom stereocenters. The molecule has 0 aromatic heterocycles. The number of carbonyl (C=O) groups is 1. The van der Waals surface area contributed by atoms with Crippen molar-refractivity contribution in [1.82, 2.24) is 5.32 Å². The molecular formula is C14H20FNO3. The smallest absolute Gasteiger partial charge is 0.407 e. The Morgan fingerprint density at radius 3 is 2.42 bits per heavy atom. The summed E-state index contributed by atoms with van der Waals surface area (Å²) in [6.07, 6.45) is -0.163. The van der Waals surface area contributed by atoms with Gasteiger partial charge in [0.2, 0.25) is 0 Å². The van der Waals surface area contributed by atoms with Crippen LogP contribution in [0.25, 0.3) is 0 Å². The van der Waals surface area contributed by atoms with Crippen molar-refractivity contribution in [2.24, 2.45) is 0 Å². The summed E-state index contributed by atoms with van der Waals surface area (Å²) in [6, 6.07) is 5.47. The van der Waals surface area contributed by atoms with E-state index < -0.39 is 17.7 Å². The largest absolute Gasteiger partial charge is 0.444 e. The van der Waals surface area contributed by atoms with Gasteiger partial charge in [-0.2, -0.15) is 0 Å². The molecule has 0 saturated heterocycles. The number of halogens is 1. The van der Waals surface area contributed by atoms with Crippen molar-refractivity contribution in [3.63, 3.8) is 0 Å². The highest BCUT2D eigenvalue weighted by molar-refractivity contribution is 5.68. The van der Waals surface area contributed by atoms with Crippen LogP contribution in [0.15, 0.2) is 24.3 Å². The summed E-state index contributed by atoms with van der Waals surface area (Å²) in [5, 5.41) is 11.8. The first-order valence-corrected chi connectivity index (χ1v) is 6.15. The van der Waals surface area contributed by atoms with Gasteiger partial charge in [-0.1, -0.05) is 12.1 Å². The summed E-state index contributed by atoms with van der Waals surface area (Å²) in [6.45, 7) is 5.08. The Kier molecular flexibility index (Phi) is 5.30. The van der Waals surface area contributed by atoms with Crippen molar-refractivity contribution in [3.8, 4) is 0 Å². The lowest BCUT2D eigenvalue weighted by Gasteiger charge is -2.22. The summed E-state index contributed by atoms with van der Waals surface area (Å²) in [5.41, 5.74) is 0.247. The Bertz CT molecular complexity index is 412. The highest BCUT2D eigenvalue weighted by atomic mass is 19.1. The number of alkyl carbamates (subject to hydrolysis) is 1. The lowest BCUT2D eigenvalue weighted by atomic mass is 10.1. The molecule has 0 aliphatic carbocycles. The highest BCUT2D eigenvalue weighted by Crippen LogP contribution is 2.09. The average Bonchev–Trinajstić information content (AvgIpc) is 2.28. The fraction of sp³-hybridized carbons (Fsp3) is 0.500. The van der Waals surface area contributed by atoms with Crippen molar-refractivity contribution in [2.75, 3.05) is 6.61 Å². The van der Waals surface area contributed by atoms with Gasteiger partial charge in [0.25, 0.3) is 0 Å². The maximum atomic E-state index is 12.8. The van der Waals surface area contributed by atoms with Crippen LogP contribution < -0.4 is 5.32 Å². The third kappa shape index (κ3) is 6.20. The van der Waals surface area contributed by atoms with Crippen LogP contribution in [0.3, 0.4) is 0 Å². The molecule has 1 aromatic rings. The molecule has 0 spiro atoms. The van der Waals surface area contributed by atoms with E-state index in [1.807, 2.05) is 0 Å². The van der Waals surface area contributed by atoms with E-state index in [0.717, 1.165) is 5.56 Å². The number of aliphatic hydroxyl groups excluding tert-OH is 1. The third-order valence-corrected chi connectivity index (χ3v) is 2.34. The van der Waals surface area contributed by atoms with E-state index in [-0.39, 0.29) is 12.4 Å². The maximum absolute atomic E-state index is 12.8. The van der Waals surface area contributed by atoms with Crippen LogP contribution in [-0.4, -0.2) is 29.4 Å². The van der Waals surface area contributed by atoms with E-state index in [2.05, 4.69) is 5.32 Å². The number of hydrogen-bond donors (Lipinski definition) is 2. The van der Waals surface area contributed by atoms with Crippen LogP contribution in [0.5, 0.6) is 0 Å². The van der Waals surface area contributed by atoms with Crippen molar-refractivity contribution in [3.05, 3.63) is 35.6 Å². The predicted molar refractivity (Wildman–Crippen MR) is 70.3 cm³/mol. The summed E-state index contributed by atoms with van der Waals surface area (Å²) in [5.74, 6) is -0.315. The first-order valence-electron chi connectivity index (χ1n) is 6.15. The van der Waals surface area contributed by atoms with Gasteiger partial charge >= 0.3 is 6.09 Å². The molecule has 0 bridgehead atoms. The van der Waals surface area contributed by atoms with Gasteiger partial charge in [0.05, 0.1) is 12.6 Å². The molecule has 0 aliphatic rings. The Balaban J connectivity index is 2.54. The molecule has 1 amide bonds. The lowest BCUT2D eigenvalue weighted by Crippen LogP contribution is -2.42. The maximum Gasteiger partial charge on any atom is 0.407 e. The molecule has 0 fully saturated rings. The molecule has 19 heavy (non-hydrogen) atoms. The summed E-state index contributed by atoms with van der Waals surface area (Å²) >= 11 is 0. The molecule has 1 aromatic carbocycles. The third-order valence-electron chi connectivity index (χ3n) is 2.34. The van der Waals surface area contributed by atoms with E-state index >= 15 is 0 Å². The van der Waals surface area contributed by atoms with Gasteiger partial charge in [-0.25, -0.2) is 9.18 Å². The van der Waals surface area contributed by atoms with Gasteiger partial charge in [0.15, 0.2) is 0 Å². The van der Waals surface area contributed by atoms with Crippen LogP contribution >= 0.6 is 0 Å². The Morgan fingerprint density at radius 1 is 1.37 bits per heavy atom. The van der Waals surface area contributed by atoms with Crippen LogP contribution in [0.2, 0.25) is 0 Å². The van der Waals surface area contributed by atoms with E-state index in [9.17, 15) is 14.3 Å². The van der Waals surface area contributed by atoms with Crippen LogP contribution in [0, 0.1) is 5.82 Å². The first kappa shape index (κ1) is 15.4. The molecule has 106 valence electrons. The van der Waals surface area contributed by atoms with Gasteiger partial charge in [0, 0.05) is 0 Å². The second-order valence-electron chi connectivity index (χ2n) is 5.36. The highest BCUT2D eigenvalue weighted by Gasteiger charge is 2.19.